The number of halogens is 1. The first-order valence-corrected chi connectivity index (χ1v) is 8.78. The molecule has 1 fully saturated rings. The number of benzene rings is 1. The molecule has 0 bridgehead atoms. The second-order valence-electron chi connectivity index (χ2n) is 5.96. The second kappa shape index (κ2) is 12.2. The number of hydrogen-bond donors (Lipinski definition) is 4. The molecule has 0 aromatic heterocycles. The van der Waals surface area contributed by atoms with Crippen molar-refractivity contribution in [2.24, 2.45) is 10.9 Å². The van der Waals surface area contributed by atoms with E-state index in [1.54, 1.807) is 24.3 Å². The van der Waals surface area contributed by atoms with Gasteiger partial charge in [0.2, 0.25) is 11.8 Å². The van der Waals surface area contributed by atoms with Crippen molar-refractivity contribution in [3.63, 3.8) is 0 Å². The van der Waals surface area contributed by atoms with Gasteiger partial charge in [-0.1, -0.05) is 12.0 Å². The van der Waals surface area contributed by atoms with E-state index in [4.69, 9.17) is 6.42 Å². The van der Waals surface area contributed by atoms with Crippen molar-refractivity contribution in [2.75, 3.05) is 31.5 Å². The summed E-state index contributed by atoms with van der Waals surface area (Å²) in [5, 5.41) is 11.8. The van der Waals surface area contributed by atoms with Crippen molar-refractivity contribution in [3.8, 4) is 12.3 Å². The number of nitrogens with one attached hydrogen (secondary N) is 4. The van der Waals surface area contributed by atoms with Gasteiger partial charge in [0.05, 0.1) is 0 Å². The number of carbonyl (C=O) groups is 2. The van der Waals surface area contributed by atoms with Crippen LogP contribution >= 0.6 is 24.0 Å². The molecule has 2 rings (SSSR count). The lowest BCUT2D eigenvalue weighted by Crippen LogP contribution is -2.42. The van der Waals surface area contributed by atoms with Gasteiger partial charge < -0.3 is 21.3 Å². The van der Waals surface area contributed by atoms with Crippen LogP contribution in [-0.4, -0.2) is 44.0 Å². The molecule has 1 aromatic rings. The molecule has 1 aliphatic rings. The molecule has 27 heavy (non-hydrogen) atoms. The van der Waals surface area contributed by atoms with Crippen molar-refractivity contribution >= 4 is 47.4 Å². The fraction of sp³-hybridized carbons (Fsp3) is 0.421. The Morgan fingerprint density at radius 1 is 1.22 bits per heavy atom. The number of nitrogens with zero attached hydrogens (tertiary/aromatic N) is 1. The second-order valence-corrected chi connectivity index (χ2v) is 5.96. The molecule has 146 valence electrons. The van der Waals surface area contributed by atoms with E-state index in [1.165, 1.54) is 0 Å². The Hall–Kier alpha value is -2.28. The molecule has 1 saturated carbocycles. The van der Waals surface area contributed by atoms with Gasteiger partial charge in [0.25, 0.3) is 0 Å². The predicted molar refractivity (Wildman–Crippen MR) is 118 cm³/mol. The lowest BCUT2D eigenvalue weighted by molar-refractivity contribution is -0.122. The van der Waals surface area contributed by atoms with Gasteiger partial charge in [-0.2, -0.15) is 0 Å². The van der Waals surface area contributed by atoms with Gasteiger partial charge in [-0.3, -0.25) is 9.59 Å². The first kappa shape index (κ1) is 22.8. The third-order valence-electron chi connectivity index (χ3n) is 3.70. The summed E-state index contributed by atoms with van der Waals surface area (Å²) >= 11 is 0. The summed E-state index contributed by atoms with van der Waals surface area (Å²) in [7, 11) is 0. The van der Waals surface area contributed by atoms with Crippen LogP contribution in [0.15, 0.2) is 29.3 Å². The van der Waals surface area contributed by atoms with Crippen molar-refractivity contribution in [3.05, 3.63) is 29.8 Å². The van der Waals surface area contributed by atoms with E-state index in [2.05, 4.69) is 32.2 Å². The Bertz CT molecular complexity index is 710. The summed E-state index contributed by atoms with van der Waals surface area (Å²) < 4.78 is 0. The first-order valence-electron chi connectivity index (χ1n) is 8.78. The molecule has 0 atom stereocenters. The van der Waals surface area contributed by atoms with Crippen LogP contribution in [0.25, 0.3) is 0 Å². The standard InChI is InChI=1S/C19H25N5O2.HI/c1-3-14-6-5-7-16(12-14)24-17(25)13-23-19(20-4-2)22-11-10-21-18(26)15-8-9-15;/h1,5-7,12,15H,4,8-11,13H2,2H3,(H,21,26)(H,24,25)(H2,20,22,23);1H. The van der Waals surface area contributed by atoms with E-state index in [0.29, 0.717) is 36.8 Å². The van der Waals surface area contributed by atoms with Crippen LogP contribution in [0.2, 0.25) is 0 Å². The molecular weight excluding hydrogens is 457 g/mol. The largest absolute Gasteiger partial charge is 0.357 e. The predicted octanol–water partition coefficient (Wildman–Crippen LogP) is 1.31. The minimum atomic E-state index is -0.238. The number of guanidine groups is 1. The van der Waals surface area contributed by atoms with Crippen molar-refractivity contribution in [2.45, 2.75) is 19.8 Å². The molecule has 0 unspecified atom stereocenters. The van der Waals surface area contributed by atoms with E-state index in [-0.39, 0.29) is 48.3 Å². The monoisotopic (exact) mass is 483 g/mol. The van der Waals surface area contributed by atoms with E-state index < -0.39 is 0 Å². The fourth-order valence-electron chi connectivity index (χ4n) is 2.24. The van der Waals surface area contributed by atoms with E-state index in [0.717, 1.165) is 12.8 Å². The number of aliphatic imine (C=N–C) groups is 1. The zero-order valence-electron chi connectivity index (χ0n) is 15.4. The first-order chi connectivity index (χ1) is 12.6. The van der Waals surface area contributed by atoms with Gasteiger partial charge in [0, 0.05) is 36.8 Å². The molecule has 0 heterocycles. The van der Waals surface area contributed by atoms with Gasteiger partial charge in [-0.25, -0.2) is 4.99 Å². The normalized spacial score (nSPS) is 13.0. The highest BCUT2D eigenvalue weighted by Crippen LogP contribution is 2.28. The Labute approximate surface area is 177 Å². The molecule has 4 N–H and O–H groups in total. The summed E-state index contributed by atoms with van der Waals surface area (Å²) in [5.74, 6) is 3.13. The lowest BCUT2D eigenvalue weighted by atomic mass is 10.2. The molecule has 2 amide bonds. The highest BCUT2D eigenvalue weighted by Gasteiger charge is 2.28. The molecule has 0 radical (unpaired) electrons. The Morgan fingerprint density at radius 2 is 1.96 bits per heavy atom. The highest BCUT2D eigenvalue weighted by atomic mass is 127. The summed E-state index contributed by atoms with van der Waals surface area (Å²) in [6, 6.07) is 7.08. The fourth-order valence-corrected chi connectivity index (χ4v) is 2.24. The Balaban J connectivity index is 0.00000364. The van der Waals surface area contributed by atoms with Crippen LogP contribution < -0.4 is 21.3 Å². The van der Waals surface area contributed by atoms with Gasteiger partial charge in [0.1, 0.15) is 6.54 Å². The number of amides is 2. The van der Waals surface area contributed by atoms with Gasteiger partial charge in [-0.15, -0.1) is 30.4 Å². The minimum absolute atomic E-state index is 0. The van der Waals surface area contributed by atoms with Crippen molar-refractivity contribution in [1.29, 1.82) is 0 Å². The van der Waals surface area contributed by atoms with Crippen LogP contribution in [0.4, 0.5) is 5.69 Å². The van der Waals surface area contributed by atoms with Crippen LogP contribution in [-0.2, 0) is 9.59 Å². The molecule has 0 spiro atoms. The molecule has 0 aliphatic heterocycles. The smallest absolute Gasteiger partial charge is 0.246 e. The summed E-state index contributed by atoms with van der Waals surface area (Å²) in [4.78, 5) is 27.8. The summed E-state index contributed by atoms with van der Waals surface area (Å²) in [6.45, 7) is 3.65. The maximum atomic E-state index is 12.0. The Morgan fingerprint density at radius 3 is 2.63 bits per heavy atom. The zero-order chi connectivity index (χ0) is 18.8. The maximum absolute atomic E-state index is 12.0. The van der Waals surface area contributed by atoms with Gasteiger partial charge in [-0.05, 0) is 38.0 Å². The topological polar surface area (TPSA) is 94.6 Å². The van der Waals surface area contributed by atoms with Crippen LogP contribution in [0.5, 0.6) is 0 Å². The van der Waals surface area contributed by atoms with Crippen molar-refractivity contribution < 1.29 is 9.59 Å². The maximum Gasteiger partial charge on any atom is 0.246 e. The number of terminal acetylenes is 1. The van der Waals surface area contributed by atoms with Crippen molar-refractivity contribution in [1.82, 2.24) is 16.0 Å². The van der Waals surface area contributed by atoms with Crippen LogP contribution in [0.1, 0.15) is 25.3 Å². The van der Waals surface area contributed by atoms with E-state index in [9.17, 15) is 9.59 Å². The van der Waals surface area contributed by atoms with Gasteiger partial charge in [0.15, 0.2) is 5.96 Å². The van der Waals surface area contributed by atoms with Crippen LogP contribution in [0, 0.1) is 18.3 Å². The summed E-state index contributed by atoms with van der Waals surface area (Å²) in [5.41, 5.74) is 1.34. The molecule has 1 aliphatic carbocycles. The molecule has 7 nitrogen and oxygen atoms in total. The Kier molecular flexibility index (Phi) is 10.3. The zero-order valence-corrected chi connectivity index (χ0v) is 17.7. The average Bonchev–Trinajstić information content (AvgIpc) is 3.48. The van der Waals surface area contributed by atoms with Gasteiger partial charge >= 0.3 is 0 Å². The van der Waals surface area contributed by atoms with Crippen LogP contribution in [0.3, 0.4) is 0 Å². The SMILES string of the molecule is C#Cc1cccc(NC(=O)CN=C(NCC)NCCNC(=O)C2CC2)c1.I. The quantitative estimate of drug-likeness (QED) is 0.148. The molecular formula is C19H26IN5O2. The number of hydrogen-bond acceptors (Lipinski definition) is 3. The number of anilines is 1. The molecule has 1 aromatic carbocycles. The van der Waals surface area contributed by atoms with E-state index >= 15 is 0 Å². The lowest BCUT2D eigenvalue weighted by Gasteiger charge is -2.12. The third-order valence-corrected chi connectivity index (χ3v) is 3.70. The highest BCUT2D eigenvalue weighted by molar-refractivity contribution is 14.0. The number of rotatable bonds is 8. The number of carbonyl (C=O) groups excluding carboxylic acids is 2. The minimum Gasteiger partial charge on any atom is -0.357 e. The third kappa shape index (κ3) is 8.77. The summed E-state index contributed by atoms with van der Waals surface area (Å²) in [6.07, 6.45) is 7.33. The van der Waals surface area contributed by atoms with E-state index in [1.807, 2.05) is 6.92 Å². The molecule has 0 saturated heterocycles. The average molecular weight is 483 g/mol. The molecule has 8 heteroatoms.